The highest BCUT2D eigenvalue weighted by Gasteiger charge is 1.85. The molecule has 0 amide bonds. The van der Waals surface area contributed by atoms with Gasteiger partial charge in [-0.05, 0) is 36.8 Å². The van der Waals surface area contributed by atoms with E-state index in [0.29, 0.717) is 0 Å². The summed E-state index contributed by atoms with van der Waals surface area (Å²) in [6.07, 6.45) is 3.84. The lowest BCUT2D eigenvalue weighted by Crippen LogP contribution is -1.69. The maximum absolute atomic E-state index is 3.38. The van der Waals surface area contributed by atoms with E-state index in [1.54, 1.807) is 0 Å². The van der Waals surface area contributed by atoms with Crippen LogP contribution in [0.5, 0.6) is 0 Å². The molecule has 60 valence electrons. The van der Waals surface area contributed by atoms with Crippen molar-refractivity contribution >= 4 is 22.0 Å². The summed E-state index contributed by atoms with van der Waals surface area (Å²) in [5.41, 5.74) is 1.17. The number of hydrogen-bond acceptors (Lipinski definition) is 0. The molecule has 0 spiro atoms. The number of allylic oxidation sites excluding steroid dienone is 1. The zero-order valence-electron chi connectivity index (χ0n) is 6.84. The third kappa shape index (κ3) is 2.94. The van der Waals surface area contributed by atoms with Gasteiger partial charge >= 0.3 is 0 Å². The fourth-order valence-corrected chi connectivity index (χ4v) is 1.06. The maximum atomic E-state index is 3.38. The summed E-state index contributed by atoms with van der Waals surface area (Å²) in [5.74, 6) is 5.67. The summed E-state index contributed by atoms with van der Waals surface area (Å²) >= 11 is 3.38. The lowest BCUT2D eigenvalue weighted by Gasteiger charge is -1.91. The number of rotatable bonds is 1. The Hall–Kier alpha value is -1.00. The first kappa shape index (κ1) is 9.09. The lowest BCUT2D eigenvalue weighted by molar-refractivity contribution is 1.61. The average Bonchev–Trinajstić information content (AvgIpc) is 2.09. The van der Waals surface area contributed by atoms with Crippen LogP contribution in [-0.2, 0) is 0 Å². The molecule has 12 heavy (non-hydrogen) atoms. The second-order valence-electron chi connectivity index (χ2n) is 2.28. The van der Waals surface area contributed by atoms with E-state index in [0.717, 1.165) is 4.47 Å². The van der Waals surface area contributed by atoms with Crippen LogP contribution in [0.4, 0.5) is 0 Å². The Morgan fingerprint density at radius 2 is 1.92 bits per heavy atom. The van der Waals surface area contributed by atoms with Gasteiger partial charge in [-0.2, -0.15) is 0 Å². The molecular weight excluding hydrogens is 212 g/mol. The molecule has 0 nitrogen and oxygen atoms in total. The summed E-state index contributed by atoms with van der Waals surface area (Å²) in [6.45, 7) is 1.83. The molecular formula is C11H9Br. The van der Waals surface area contributed by atoms with Crippen molar-refractivity contribution in [3.8, 4) is 11.8 Å². The molecule has 0 aliphatic heterocycles. The minimum absolute atomic E-state index is 1.10. The fourth-order valence-electron chi connectivity index (χ4n) is 0.795. The van der Waals surface area contributed by atoms with Gasteiger partial charge in [0.25, 0.3) is 0 Å². The summed E-state index contributed by atoms with van der Waals surface area (Å²) < 4.78 is 1.10. The van der Waals surface area contributed by atoms with Crippen molar-refractivity contribution in [2.45, 2.75) is 6.92 Å². The summed E-state index contributed by atoms with van der Waals surface area (Å²) in [7, 11) is 0. The van der Waals surface area contributed by atoms with Gasteiger partial charge in [-0.1, -0.05) is 34.0 Å². The molecule has 0 saturated heterocycles. The normalized spacial score (nSPS) is 9.50. The summed E-state index contributed by atoms with van der Waals surface area (Å²) in [5, 5.41) is 0. The van der Waals surface area contributed by atoms with E-state index >= 15 is 0 Å². The molecule has 0 aromatic heterocycles. The van der Waals surface area contributed by atoms with Gasteiger partial charge in [-0.3, -0.25) is 0 Å². The zero-order chi connectivity index (χ0) is 8.81. The van der Waals surface area contributed by atoms with E-state index in [-0.39, 0.29) is 0 Å². The van der Waals surface area contributed by atoms with Crippen LogP contribution in [0.25, 0.3) is 6.08 Å². The van der Waals surface area contributed by atoms with E-state index in [1.807, 2.05) is 43.3 Å². The minimum Gasteiger partial charge on any atom is -0.102 e. The van der Waals surface area contributed by atoms with Crippen LogP contribution >= 0.6 is 15.9 Å². The molecule has 0 radical (unpaired) electrons. The molecule has 0 bridgehead atoms. The van der Waals surface area contributed by atoms with Gasteiger partial charge in [-0.15, -0.1) is 5.92 Å². The second kappa shape index (κ2) is 4.79. The molecule has 0 fully saturated rings. The summed E-state index contributed by atoms with van der Waals surface area (Å²) in [6, 6.07) is 8.11. The van der Waals surface area contributed by atoms with Crippen molar-refractivity contribution in [1.29, 1.82) is 0 Å². The highest BCUT2D eigenvalue weighted by Crippen LogP contribution is 2.11. The molecule has 0 atom stereocenters. The van der Waals surface area contributed by atoms with Crippen molar-refractivity contribution in [3.63, 3.8) is 0 Å². The topological polar surface area (TPSA) is 0 Å². The van der Waals surface area contributed by atoms with Gasteiger partial charge in [-0.25, -0.2) is 0 Å². The van der Waals surface area contributed by atoms with Gasteiger partial charge in [0.15, 0.2) is 0 Å². The van der Waals surface area contributed by atoms with Crippen molar-refractivity contribution in [2.75, 3.05) is 0 Å². The lowest BCUT2D eigenvalue weighted by atomic mass is 10.2. The van der Waals surface area contributed by atoms with E-state index in [2.05, 4.69) is 27.8 Å². The second-order valence-corrected chi connectivity index (χ2v) is 3.19. The van der Waals surface area contributed by atoms with E-state index in [1.165, 1.54) is 5.56 Å². The zero-order valence-corrected chi connectivity index (χ0v) is 8.43. The monoisotopic (exact) mass is 220 g/mol. The number of hydrogen-bond donors (Lipinski definition) is 0. The van der Waals surface area contributed by atoms with Gasteiger partial charge in [0.2, 0.25) is 0 Å². The fraction of sp³-hybridized carbons (Fsp3) is 0.0909. The first-order chi connectivity index (χ1) is 5.83. The Morgan fingerprint density at radius 1 is 1.25 bits per heavy atom. The molecule has 0 heterocycles. The van der Waals surface area contributed by atoms with Gasteiger partial charge < -0.3 is 0 Å². The highest BCUT2D eigenvalue weighted by atomic mass is 79.9. The molecule has 0 unspecified atom stereocenters. The van der Waals surface area contributed by atoms with Crippen LogP contribution in [0.2, 0.25) is 0 Å². The Morgan fingerprint density at radius 3 is 2.50 bits per heavy atom. The van der Waals surface area contributed by atoms with Crippen LogP contribution in [0, 0.1) is 11.8 Å². The Balaban J connectivity index is 2.75. The SMILES string of the molecule is CC#C/C=C\c1ccc(Br)cc1. The van der Waals surface area contributed by atoms with E-state index in [4.69, 9.17) is 0 Å². The predicted octanol–water partition coefficient (Wildman–Crippen LogP) is 3.49. The Labute approximate surface area is 81.4 Å². The van der Waals surface area contributed by atoms with Crippen LogP contribution in [0.3, 0.4) is 0 Å². The Bertz CT molecular complexity index is 322. The van der Waals surface area contributed by atoms with Crippen LogP contribution in [0.15, 0.2) is 34.8 Å². The summed E-state index contributed by atoms with van der Waals surface area (Å²) in [4.78, 5) is 0. The molecule has 1 aromatic rings. The Kier molecular flexibility index (Phi) is 3.63. The quantitative estimate of drug-likeness (QED) is 0.637. The molecule has 1 heteroatoms. The highest BCUT2D eigenvalue weighted by molar-refractivity contribution is 9.10. The van der Waals surface area contributed by atoms with Gasteiger partial charge in [0.05, 0.1) is 0 Å². The van der Waals surface area contributed by atoms with E-state index in [9.17, 15) is 0 Å². The first-order valence-electron chi connectivity index (χ1n) is 3.67. The number of benzene rings is 1. The first-order valence-corrected chi connectivity index (χ1v) is 4.46. The predicted molar refractivity (Wildman–Crippen MR) is 56.6 cm³/mol. The van der Waals surface area contributed by atoms with Crippen LogP contribution in [-0.4, -0.2) is 0 Å². The van der Waals surface area contributed by atoms with Gasteiger partial charge in [0, 0.05) is 4.47 Å². The number of halogens is 1. The molecule has 1 rings (SSSR count). The van der Waals surface area contributed by atoms with Crippen molar-refractivity contribution < 1.29 is 0 Å². The molecule has 0 aliphatic rings. The smallest absolute Gasteiger partial charge is 0.0175 e. The molecule has 0 saturated carbocycles. The average molecular weight is 221 g/mol. The van der Waals surface area contributed by atoms with Crippen LogP contribution in [0.1, 0.15) is 12.5 Å². The molecule has 1 aromatic carbocycles. The third-order valence-electron chi connectivity index (χ3n) is 1.37. The van der Waals surface area contributed by atoms with Crippen LogP contribution < -0.4 is 0 Å². The van der Waals surface area contributed by atoms with E-state index < -0.39 is 0 Å². The van der Waals surface area contributed by atoms with Crippen molar-refractivity contribution in [1.82, 2.24) is 0 Å². The van der Waals surface area contributed by atoms with Crippen molar-refractivity contribution in [3.05, 3.63) is 40.4 Å². The third-order valence-corrected chi connectivity index (χ3v) is 1.90. The molecule has 0 aliphatic carbocycles. The maximum Gasteiger partial charge on any atom is 0.0175 e. The molecule has 0 N–H and O–H groups in total. The van der Waals surface area contributed by atoms with Crippen molar-refractivity contribution in [2.24, 2.45) is 0 Å². The largest absolute Gasteiger partial charge is 0.102 e. The minimum atomic E-state index is 1.10. The standard InChI is InChI=1S/C11H9Br/c1-2-3-4-5-10-6-8-11(12)9-7-10/h4-9H,1H3/b5-4-. The van der Waals surface area contributed by atoms with Gasteiger partial charge in [0.1, 0.15) is 0 Å².